The minimum Gasteiger partial charge on any atom is -0.394 e. The molecule has 3 aliphatic rings. The average Bonchev–Trinajstić information content (AvgIpc) is 3.36. The number of fused-ring (bicyclic) bond motifs is 1. The number of benzene rings is 1. The van der Waals surface area contributed by atoms with E-state index in [4.69, 9.17) is 16.3 Å². The van der Waals surface area contributed by atoms with Gasteiger partial charge in [0.2, 0.25) is 17.7 Å². The Morgan fingerprint density at radius 3 is 2.66 bits per heavy atom. The number of ether oxygens (including phenoxy) is 1. The monoisotopic (exact) mass is 527 g/mol. The minimum atomic E-state index is -1.15. The molecule has 174 valence electrons. The third-order valence-corrected chi connectivity index (χ3v) is 7.78. The maximum Gasteiger partial charge on any atom is 0.250 e. The van der Waals surface area contributed by atoms with Crippen molar-refractivity contribution in [2.24, 2.45) is 11.8 Å². The number of nitrogens with one attached hydrogen (secondary N) is 2. The van der Waals surface area contributed by atoms with Crippen LogP contribution < -0.4 is 10.6 Å². The molecule has 3 unspecified atom stereocenters. The van der Waals surface area contributed by atoms with E-state index in [0.29, 0.717) is 23.7 Å². The van der Waals surface area contributed by atoms with E-state index in [1.165, 1.54) is 4.90 Å². The van der Waals surface area contributed by atoms with Crippen LogP contribution >= 0.6 is 27.5 Å². The maximum atomic E-state index is 13.6. The number of rotatable bonds is 7. The third kappa shape index (κ3) is 3.63. The molecule has 4 rings (SSSR count). The maximum absolute atomic E-state index is 13.6. The van der Waals surface area contributed by atoms with Crippen LogP contribution in [0.25, 0.3) is 0 Å². The van der Waals surface area contributed by atoms with Gasteiger partial charge >= 0.3 is 0 Å². The fourth-order valence-corrected chi connectivity index (χ4v) is 6.41. The van der Waals surface area contributed by atoms with Gasteiger partial charge in [0, 0.05) is 22.1 Å². The smallest absolute Gasteiger partial charge is 0.250 e. The molecular formula is C22H27BrClN3O5. The molecule has 0 aromatic heterocycles. The van der Waals surface area contributed by atoms with Crippen molar-refractivity contribution in [3.05, 3.63) is 29.3 Å². The van der Waals surface area contributed by atoms with Crippen molar-refractivity contribution in [2.45, 2.75) is 55.3 Å². The van der Waals surface area contributed by atoms with Crippen LogP contribution in [0.5, 0.6) is 0 Å². The second-order valence-electron chi connectivity index (χ2n) is 8.73. The Labute approximate surface area is 200 Å². The Morgan fingerprint density at radius 2 is 2.03 bits per heavy atom. The van der Waals surface area contributed by atoms with Crippen LogP contribution in [0, 0.1) is 11.8 Å². The first-order valence-electron chi connectivity index (χ1n) is 10.8. The van der Waals surface area contributed by atoms with Crippen LogP contribution in [-0.2, 0) is 19.1 Å². The van der Waals surface area contributed by atoms with E-state index in [2.05, 4.69) is 26.6 Å². The third-order valence-electron chi connectivity index (χ3n) is 6.68. The van der Waals surface area contributed by atoms with E-state index < -0.39 is 41.5 Å². The Morgan fingerprint density at radius 1 is 1.34 bits per heavy atom. The van der Waals surface area contributed by atoms with Gasteiger partial charge < -0.3 is 25.4 Å². The summed E-state index contributed by atoms with van der Waals surface area (Å²) in [6, 6.07) is 5.07. The van der Waals surface area contributed by atoms with Gasteiger partial charge in [-0.25, -0.2) is 0 Å². The molecule has 0 radical (unpaired) electrons. The zero-order valence-electron chi connectivity index (χ0n) is 17.9. The first-order valence-corrected chi connectivity index (χ1v) is 12.1. The Hall–Kier alpha value is -1.68. The number of anilines is 1. The fourth-order valence-electron chi connectivity index (χ4n) is 5.34. The highest BCUT2D eigenvalue weighted by Gasteiger charge is 2.76. The van der Waals surface area contributed by atoms with Crippen LogP contribution in [0.1, 0.15) is 26.7 Å². The van der Waals surface area contributed by atoms with Crippen molar-refractivity contribution < 1.29 is 24.2 Å². The zero-order chi connectivity index (χ0) is 23.2. The number of hydrogen-bond donors (Lipinski definition) is 3. The van der Waals surface area contributed by atoms with E-state index in [1.807, 2.05) is 6.92 Å². The quantitative estimate of drug-likeness (QED) is 0.469. The van der Waals surface area contributed by atoms with Crippen molar-refractivity contribution in [3.63, 3.8) is 0 Å². The molecule has 10 heteroatoms. The number of halogens is 2. The molecule has 2 bridgehead atoms. The van der Waals surface area contributed by atoms with Crippen molar-refractivity contribution in [3.8, 4) is 0 Å². The van der Waals surface area contributed by atoms with Crippen molar-refractivity contribution in [1.82, 2.24) is 10.2 Å². The van der Waals surface area contributed by atoms with E-state index >= 15 is 0 Å². The van der Waals surface area contributed by atoms with Gasteiger partial charge in [-0.3, -0.25) is 14.4 Å². The second kappa shape index (κ2) is 8.93. The molecule has 3 heterocycles. The van der Waals surface area contributed by atoms with Gasteiger partial charge in [-0.2, -0.15) is 0 Å². The van der Waals surface area contributed by atoms with Gasteiger partial charge in [0.05, 0.1) is 30.6 Å². The van der Waals surface area contributed by atoms with Gasteiger partial charge in [-0.1, -0.05) is 34.5 Å². The standard InChI is InChI=1S/C22H27BrClN3O5/c1-3-8-25-19(29)15-16-21(31)27(11(2)10-28)18(22(16)9-14(23)17(15)32-22)20(30)26-13-6-4-12(24)5-7-13/h4-7,11,14-18,28H,3,8-10H2,1-2H3,(H,25,29)(H,26,30)/t11-,14?,15+,16+,17+,18?,22?/m1/s1. The minimum absolute atomic E-state index is 0.167. The highest BCUT2D eigenvalue weighted by molar-refractivity contribution is 9.09. The van der Waals surface area contributed by atoms with Gasteiger partial charge in [-0.05, 0) is 44.0 Å². The Balaban J connectivity index is 1.71. The number of carbonyl (C=O) groups excluding carboxylic acids is 3. The Bertz CT molecular complexity index is 915. The SMILES string of the molecule is CCCNC(=O)[C@H]1[C@H]2C(=O)N([C@H](C)CO)C(C(=O)Nc3ccc(Cl)cc3)C23CC(Br)[C@@H]1O3. The van der Waals surface area contributed by atoms with E-state index in [9.17, 15) is 19.5 Å². The fraction of sp³-hybridized carbons (Fsp3) is 0.591. The first kappa shape index (κ1) is 23.5. The predicted octanol–water partition coefficient (Wildman–Crippen LogP) is 1.93. The number of likely N-dealkylation sites (tertiary alicyclic amines) is 1. The van der Waals surface area contributed by atoms with Gasteiger partial charge in [-0.15, -0.1) is 0 Å². The summed E-state index contributed by atoms with van der Waals surface area (Å²) in [5, 5.41) is 16.1. The highest BCUT2D eigenvalue weighted by Crippen LogP contribution is 2.60. The van der Waals surface area contributed by atoms with Crippen LogP contribution in [0.4, 0.5) is 5.69 Å². The van der Waals surface area contributed by atoms with Crippen LogP contribution in [0.3, 0.4) is 0 Å². The lowest BCUT2D eigenvalue weighted by molar-refractivity contribution is -0.143. The summed E-state index contributed by atoms with van der Waals surface area (Å²) >= 11 is 9.56. The molecule has 3 amide bonds. The van der Waals surface area contributed by atoms with Crippen LogP contribution in [0.15, 0.2) is 24.3 Å². The molecule has 3 fully saturated rings. The normalized spacial score (nSPS) is 33.8. The van der Waals surface area contributed by atoms with Crippen LogP contribution in [-0.4, -0.2) is 69.5 Å². The molecule has 1 aromatic carbocycles. The first-order chi connectivity index (χ1) is 15.2. The zero-order valence-corrected chi connectivity index (χ0v) is 20.2. The highest BCUT2D eigenvalue weighted by atomic mass is 79.9. The summed E-state index contributed by atoms with van der Waals surface area (Å²) in [5.41, 5.74) is -0.618. The average molecular weight is 529 g/mol. The van der Waals surface area contributed by atoms with Gasteiger partial charge in [0.1, 0.15) is 11.6 Å². The second-order valence-corrected chi connectivity index (χ2v) is 10.3. The summed E-state index contributed by atoms with van der Waals surface area (Å²) in [6.07, 6.45) is 0.683. The number of hydrogen-bond acceptors (Lipinski definition) is 5. The number of carbonyl (C=O) groups is 3. The molecular weight excluding hydrogens is 502 g/mol. The summed E-state index contributed by atoms with van der Waals surface area (Å²) in [7, 11) is 0. The molecule has 32 heavy (non-hydrogen) atoms. The van der Waals surface area contributed by atoms with Crippen molar-refractivity contribution in [2.75, 3.05) is 18.5 Å². The number of amides is 3. The van der Waals surface area contributed by atoms with Crippen molar-refractivity contribution in [1.29, 1.82) is 0 Å². The number of nitrogens with zero attached hydrogens (tertiary/aromatic N) is 1. The van der Waals surface area contributed by atoms with Gasteiger partial charge in [0.25, 0.3) is 0 Å². The lowest BCUT2D eigenvalue weighted by Crippen LogP contribution is -2.56. The molecule has 1 aromatic rings. The van der Waals surface area contributed by atoms with E-state index in [1.54, 1.807) is 31.2 Å². The van der Waals surface area contributed by atoms with Crippen LogP contribution in [0.2, 0.25) is 5.02 Å². The summed E-state index contributed by atoms with van der Waals surface area (Å²) < 4.78 is 6.36. The molecule has 8 nitrogen and oxygen atoms in total. The lowest BCUT2D eigenvalue weighted by Gasteiger charge is -2.35. The lowest BCUT2D eigenvalue weighted by atomic mass is 9.70. The molecule has 3 N–H and O–H groups in total. The number of aliphatic hydroxyl groups is 1. The predicted molar refractivity (Wildman–Crippen MR) is 122 cm³/mol. The number of aliphatic hydroxyl groups excluding tert-OH is 1. The topological polar surface area (TPSA) is 108 Å². The van der Waals surface area contributed by atoms with E-state index in [-0.39, 0.29) is 23.2 Å². The Kier molecular flexibility index (Phi) is 6.55. The van der Waals surface area contributed by atoms with Gasteiger partial charge in [0.15, 0.2) is 0 Å². The molecule has 7 atom stereocenters. The molecule has 0 saturated carbocycles. The molecule has 3 aliphatic heterocycles. The number of alkyl halides is 1. The molecule has 1 spiro atoms. The largest absolute Gasteiger partial charge is 0.394 e. The molecule has 3 saturated heterocycles. The summed E-state index contributed by atoms with van der Waals surface area (Å²) in [6.45, 7) is 3.82. The molecule has 0 aliphatic carbocycles. The summed E-state index contributed by atoms with van der Waals surface area (Å²) in [5.74, 6) is -2.47. The summed E-state index contributed by atoms with van der Waals surface area (Å²) in [4.78, 5) is 41.4. The van der Waals surface area contributed by atoms with E-state index in [0.717, 1.165) is 6.42 Å². The van der Waals surface area contributed by atoms with Crippen molar-refractivity contribution >= 4 is 50.9 Å².